The van der Waals surface area contributed by atoms with Gasteiger partial charge in [-0.3, -0.25) is 0 Å². The first-order chi connectivity index (χ1) is 9.88. The summed E-state index contributed by atoms with van der Waals surface area (Å²) in [5.74, 6) is 0.795. The van der Waals surface area contributed by atoms with Crippen molar-refractivity contribution in [2.75, 3.05) is 0 Å². The second-order valence-corrected chi connectivity index (χ2v) is 6.26. The Morgan fingerprint density at radius 2 is 1.80 bits per heavy atom. The predicted octanol–water partition coefficient (Wildman–Crippen LogP) is 4.03. The van der Waals surface area contributed by atoms with Gasteiger partial charge in [0.05, 0.1) is 0 Å². The molecule has 2 aromatic carbocycles. The fourth-order valence-corrected chi connectivity index (χ4v) is 4.29. The molecule has 0 aromatic heterocycles. The Morgan fingerprint density at radius 1 is 1.00 bits per heavy atom. The van der Waals surface area contributed by atoms with Gasteiger partial charge in [0.1, 0.15) is 0 Å². The van der Waals surface area contributed by atoms with Crippen LogP contribution < -0.4 is 5.32 Å². The van der Waals surface area contributed by atoms with E-state index in [9.17, 15) is 0 Å². The largest absolute Gasteiger partial charge is 0.303 e. The smallest absolute Gasteiger partial charge is 0.0471 e. The molecule has 2 aromatic rings. The van der Waals surface area contributed by atoms with E-state index in [4.69, 9.17) is 0 Å². The van der Waals surface area contributed by atoms with Crippen molar-refractivity contribution in [1.82, 2.24) is 5.32 Å². The van der Waals surface area contributed by atoms with Gasteiger partial charge in [-0.2, -0.15) is 0 Å². The summed E-state index contributed by atoms with van der Waals surface area (Å²) in [6.07, 6.45) is 5.29. The minimum Gasteiger partial charge on any atom is -0.303 e. The van der Waals surface area contributed by atoms with Crippen LogP contribution in [-0.4, -0.2) is 0 Å². The van der Waals surface area contributed by atoms with Crippen molar-refractivity contribution in [3.8, 4) is 0 Å². The number of hydrogen-bond acceptors (Lipinski definition) is 1. The summed E-state index contributed by atoms with van der Waals surface area (Å²) in [6.45, 7) is 0.978. The lowest BCUT2D eigenvalue weighted by Crippen LogP contribution is -2.42. The van der Waals surface area contributed by atoms with Crippen molar-refractivity contribution in [1.29, 1.82) is 0 Å². The van der Waals surface area contributed by atoms with Crippen LogP contribution in [0.25, 0.3) is 0 Å². The molecule has 2 aliphatic carbocycles. The Morgan fingerprint density at radius 3 is 2.70 bits per heavy atom. The zero-order valence-corrected chi connectivity index (χ0v) is 11.8. The monoisotopic (exact) mass is 263 g/mol. The van der Waals surface area contributed by atoms with Crippen LogP contribution in [0.5, 0.6) is 0 Å². The maximum atomic E-state index is 3.93. The van der Waals surface area contributed by atoms with Crippen LogP contribution in [0.4, 0.5) is 0 Å². The molecule has 102 valence electrons. The third kappa shape index (κ3) is 1.81. The Labute approximate surface area is 121 Å². The lowest BCUT2D eigenvalue weighted by molar-refractivity contribution is 0.268. The first-order valence-corrected chi connectivity index (χ1v) is 7.76. The summed E-state index contributed by atoms with van der Waals surface area (Å²) in [4.78, 5) is 0. The normalized spacial score (nSPS) is 27.3. The molecule has 1 nitrogen and oxygen atoms in total. The van der Waals surface area contributed by atoms with Crippen LogP contribution >= 0.6 is 0 Å². The van der Waals surface area contributed by atoms with Gasteiger partial charge < -0.3 is 5.32 Å². The van der Waals surface area contributed by atoms with Gasteiger partial charge in [0.2, 0.25) is 0 Å². The minimum absolute atomic E-state index is 0.242. The van der Waals surface area contributed by atoms with Crippen molar-refractivity contribution in [3.63, 3.8) is 0 Å². The number of fused-ring (bicyclic) bond motifs is 3. The molecule has 0 radical (unpaired) electrons. The topological polar surface area (TPSA) is 12.0 Å². The standard InChI is InChI=1S/C19H21N/c1-2-7-15(8-3-1)14-20-19-12-6-10-17(19)13-16-9-4-5-11-18(16)19/h1-5,7-9,11,17,20H,6,10,12-14H2. The van der Waals surface area contributed by atoms with Crippen LogP contribution in [0.1, 0.15) is 36.0 Å². The van der Waals surface area contributed by atoms with Crippen molar-refractivity contribution in [2.45, 2.75) is 37.8 Å². The highest BCUT2D eigenvalue weighted by Gasteiger charge is 2.48. The number of hydrogen-bond donors (Lipinski definition) is 1. The molecule has 20 heavy (non-hydrogen) atoms. The molecule has 0 amide bonds. The highest BCUT2D eigenvalue weighted by atomic mass is 15.0. The maximum absolute atomic E-state index is 3.93. The van der Waals surface area contributed by atoms with Crippen molar-refractivity contribution in [3.05, 3.63) is 71.3 Å². The first-order valence-electron chi connectivity index (χ1n) is 7.76. The molecular formula is C19H21N. The highest BCUT2D eigenvalue weighted by Crippen LogP contribution is 2.51. The van der Waals surface area contributed by atoms with Crippen LogP contribution in [0.3, 0.4) is 0 Å². The van der Waals surface area contributed by atoms with Crippen LogP contribution in [0.15, 0.2) is 54.6 Å². The van der Waals surface area contributed by atoms with E-state index in [0.717, 1.165) is 12.5 Å². The summed E-state index contributed by atoms with van der Waals surface area (Å²) < 4.78 is 0. The fraction of sp³-hybridized carbons (Fsp3) is 0.368. The van der Waals surface area contributed by atoms with E-state index < -0.39 is 0 Å². The highest BCUT2D eigenvalue weighted by molar-refractivity contribution is 5.41. The summed E-state index contributed by atoms with van der Waals surface area (Å²) in [7, 11) is 0. The number of rotatable bonds is 3. The third-order valence-corrected chi connectivity index (χ3v) is 5.24. The van der Waals surface area contributed by atoms with E-state index in [1.54, 1.807) is 11.1 Å². The van der Waals surface area contributed by atoms with Crippen molar-refractivity contribution >= 4 is 0 Å². The average molecular weight is 263 g/mol. The predicted molar refractivity (Wildman–Crippen MR) is 82.4 cm³/mol. The van der Waals surface area contributed by atoms with E-state index in [2.05, 4.69) is 59.9 Å². The van der Waals surface area contributed by atoms with Crippen LogP contribution in [0, 0.1) is 5.92 Å². The van der Waals surface area contributed by atoms with E-state index >= 15 is 0 Å². The number of benzene rings is 2. The van der Waals surface area contributed by atoms with E-state index in [1.807, 2.05) is 0 Å². The lowest BCUT2D eigenvalue weighted by Gasteiger charge is -2.32. The van der Waals surface area contributed by atoms with Gasteiger partial charge in [-0.05, 0) is 41.9 Å². The second kappa shape index (κ2) is 4.75. The third-order valence-electron chi connectivity index (χ3n) is 5.24. The molecule has 0 spiro atoms. The van der Waals surface area contributed by atoms with Gasteiger partial charge >= 0.3 is 0 Å². The van der Waals surface area contributed by atoms with Crippen LogP contribution in [0.2, 0.25) is 0 Å². The maximum Gasteiger partial charge on any atom is 0.0471 e. The SMILES string of the molecule is c1ccc(CNC23CCCC2Cc2ccccc23)cc1. The molecular weight excluding hydrogens is 242 g/mol. The summed E-state index contributed by atoms with van der Waals surface area (Å²) in [5.41, 5.74) is 4.76. The quantitative estimate of drug-likeness (QED) is 0.881. The zero-order valence-electron chi connectivity index (χ0n) is 11.8. The van der Waals surface area contributed by atoms with Gasteiger partial charge in [0.25, 0.3) is 0 Å². The molecule has 1 heteroatoms. The molecule has 0 heterocycles. The summed E-state index contributed by atoms with van der Waals surface area (Å²) in [6, 6.07) is 19.8. The molecule has 2 unspecified atom stereocenters. The van der Waals surface area contributed by atoms with Gasteiger partial charge in [-0.1, -0.05) is 61.0 Å². The first kappa shape index (κ1) is 12.2. The van der Waals surface area contributed by atoms with E-state index in [0.29, 0.717) is 0 Å². The Kier molecular flexibility index (Phi) is 2.89. The summed E-state index contributed by atoms with van der Waals surface area (Å²) in [5, 5.41) is 3.93. The molecule has 2 aliphatic rings. The van der Waals surface area contributed by atoms with E-state index in [-0.39, 0.29) is 5.54 Å². The van der Waals surface area contributed by atoms with Gasteiger partial charge in [0.15, 0.2) is 0 Å². The van der Waals surface area contributed by atoms with Crippen LogP contribution in [-0.2, 0) is 18.5 Å². The molecule has 1 fully saturated rings. The average Bonchev–Trinajstić information content (AvgIpc) is 3.02. The molecule has 2 atom stereocenters. The Balaban J connectivity index is 1.64. The molecule has 0 aliphatic heterocycles. The number of nitrogens with one attached hydrogen (secondary N) is 1. The van der Waals surface area contributed by atoms with Gasteiger partial charge in [-0.25, -0.2) is 0 Å². The Hall–Kier alpha value is -1.60. The fourth-order valence-electron chi connectivity index (χ4n) is 4.29. The van der Waals surface area contributed by atoms with Crippen molar-refractivity contribution in [2.24, 2.45) is 5.92 Å². The zero-order chi connectivity index (χ0) is 13.4. The van der Waals surface area contributed by atoms with Gasteiger partial charge in [0, 0.05) is 12.1 Å². The minimum atomic E-state index is 0.242. The molecule has 4 rings (SSSR count). The van der Waals surface area contributed by atoms with Crippen molar-refractivity contribution < 1.29 is 0 Å². The van der Waals surface area contributed by atoms with Gasteiger partial charge in [-0.15, -0.1) is 0 Å². The molecule has 0 bridgehead atoms. The summed E-state index contributed by atoms with van der Waals surface area (Å²) >= 11 is 0. The lowest BCUT2D eigenvalue weighted by atomic mass is 9.86. The van der Waals surface area contributed by atoms with E-state index in [1.165, 1.54) is 31.2 Å². The molecule has 1 N–H and O–H groups in total. The molecule has 1 saturated carbocycles. The second-order valence-electron chi connectivity index (χ2n) is 6.26. The Bertz CT molecular complexity index is 604. The molecule has 0 saturated heterocycles.